The van der Waals surface area contributed by atoms with E-state index in [9.17, 15) is 24.0 Å². The Morgan fingerprint density at radius 2 is 0.542 bits per heavy atom. The van der Waals surface area contributed by atoms with E-state index in [0.29, 0.717) is 12.8 Å². The van der Waals surface area contributed by atoms with Crippen LogP contribution in [0.5, 0.6) is 0 Å². The number of ketones is 2. The molecule has 0 saturated carbocycles. The number of carbonyl (C=O) groups is 5. The van der Waals surface area contributed by atoms with Gasteiger partial charge in [0.2, 0.25) is 11.6 Å². The summed E-state index contributed by atoms with van der Waals surface area (Å²) in [4.78, 5) is 63.3. The van der Waals surface area contributed by atoms with E-state index in [2.05, 4.69) is 31.4 Å². The summed E-state index contributed by atoms with van der Waals surface area (Å²) in [5, 5.41) is 5.25. The average Bonchev–Trinajstić information content (AvgIpc) is 3.23. The second kappa shape index (κ2) is 45.3. The number of carbonyl (C=O) groups excluding carboxylic acids is 5. The van der Waals surface area contributed by atoms with Crippen LogP contribution in [0.3, 0.4) is 0 Å². The van der Waals surface area contributed by atoms with Crippen LogP contribution in [0.1, 0.15) is 278 Å². The zero-order valence-electron chi connectivity index (χ0n) is 39.2. The molecule has 0 aliphatic carbocycles. The van der Waals surface area contributed by atoms with Gasteiger partial charge in [-0.05, 0) is 19.3 Å². The zero-order chi connectivity index (χ0) is 43.3. The minimum absolute atomic E-state index is 0.0967. The van der Waals surface area contributed by atoms with Crippen molar-refractivity contribution in [3.05, 3.63) is 0 Å². The Kier molecular flexibility index (Phi) is 43.6. The number of rotatable bonds is 47. The number of ether oxygens (including phenoxy) is 1. The minimum Gasteiger partial charge on any atom is -0.459 e. The molecule has 0 unspecified atom stereocenters. The van der Waals surface area contributed by atoms with Crippen LogP contribution in [0.4, 0.5) is 0 Å². The van der Waals surface area contributed by atoms with Crippen molar-refractivity contribution in [1.82, 2.24) is 10.6 Å². The highest BCUT2D eigenvalue weighted by molar-refractivity contribution is 6.36. The van der Waals surface area contributed by atoms with Crippen LogP contribution in [0.2, 0.25) is 0 Å². The molecule has 0 fully saturated rings. The van der Waals surface area contributed by atoms with Gasteiger partial charge >= 0.3 is 5.97 Å². The lowest BCUT2D eigenvalue weighted by Gasteiger charge is -2.19. The highest BCUT2D eigenvalue weighted by Crippen LogP contribution is 2.16. The maximum Gasteiger partial charge on any atom is 0.306 e. The van der Waals surface area contributed by atoms with Gasteiger partial charge in [-0.1, -0.05) is 239 Å². The van der Waals surface area contributed by atoms with E-state index in [1.54, 1.807) is 0 Å². The Morgan fingerprint density at radius 3 is 0.797 bits per heavy atom. The van der Waals surface area contributed by atoms with Gasteiger partial charge in [-0.2, -0.15) is 0 Å². The van der Waals surface area contributed by atoms with Gasteiger partial charge in [0, 0.05) is 19.3 Å². The Balaban J connectivity index is 4.54. The van der Waals surface area contributed by atoms with E-state index in [4.69, 9.17) is 4.74 Å². The number of nitrogens with one attached hydrogen (secondary N) is 2. The molecule has 346 valence electrons. The summed E-state index contributed by atoms with van der Waals surface area (Å²) >= 11 is 0. The topological polar surface area (TPSA) is 119 Å². The number of amides is 2. The number of hydrogen-bond acceptors (Lipinski definition) is 6. The SMILES string of the molecule is CCCCCCCCCCCCCCCC(=O)OC(CNC(=O)C(=O)CCCCCCCCCCCCCC)CNC(=O)C(=O)CCCCCCCCCCCCCC. The lowest BCUT2D eigenvalue weighted by molar-refractivity contribution is -0.150. The molecule has 0 saturated heterocycles. The van der Waals surface area contributed by atoms with Crippen molar-refractivity contribution in [1.29, 1.82) is 0 Å². The second-order valence-corrected chi connectivity index (χ2v) is 17.6. The molecule has 2 N–H and O–H groups in total. The van der Waals surface area contributed by atoms with Gasteiger partial charge in [-0.15, -0.1) is 0 Å². The van der Waals surface area contributed by atoms with Gasteiger partial charge in [0.05, 0.1) is 13.1 Å². The molecular weight excluding hydrogens is 737 g/mol. The minimum atomic E-state index is -0.865. The first-order chi connectivity index (χ1) is 28.8. The maximum absolute atomic E-state index is 12.8. The van der Waals surface area contributed by atoms with Gasteiger partial charge in [0.15, 0.2) is 0 Å². The molecule has 0 rings (SSSR count). The zero-order valence-corrected chi connectivity index (χ0v) is 39.2. The van der Waals surface area contributed by atoms with Crippen molar-refractivity contribution in [2.24, 2.45) is 0 Å². The third-order valence-electron chi connectivity index (χ3n) is 11.8. The molecule has 0 aliphatic rings. The lowest BCUT2D eigenvalue weighted by atomic mass is 10.0. The summed E-state index contributed by atoms with van der Waals surface area (Å²) in [5.41, 5.74) is 0. The molecule has 0 heterocycles. The molecule has 0 radical (unpaired) electrons. The summed E-state index contributed by atoms with van der Waals surface area (Å²) in [5.74, 6) is -2.74. The molecule has 0 atom stereocenters. The fourth-order valence-electron chi connectivity index (χ4n) is 7.78. The van der Waals surface area contributed by atoms with E-state index in [0.717, 1.165) is 57.8 Å². The number of Topliss-reactive ketones (excluding diaryl/α,β-unsaturated/α-hetero) is 2. The Morgan fingerprint density at radius 1 is 0.322 bits per heavy atom. The van der Waals surface area contributed by atoms with Crippen LogP contribution in [0.15, 0.2) is 0 Å². The van der Waals surface area contributed by atoms with E-state index in [1.165, 1.54) is 167 Å². The number of hydrogen-bond donors (Lipinski definition) is 2. The first-order valence-electron chi connectivity index (χ1n) is 25.7. The Labute approximate surface area is 364 Å². The fourth-order valence-corrected chi connectivity index (χ4v) is 7.78. The second-order valence-electron chi connectivity index (χ2n) is 17.6. The Hall–Kier alpha value is -2.25. The van der Waals surface area contributed by atoms with Gasteiger partial charge < -0.3 is 15.4 Å². The fraction of sp³-hybridized carbons (Fsp3) is 0.902. The van der Waals surface area contributed by atoms with Crippen LogP contribution in [-0.2, 0) is 28.7 Å². The third kappa shape index (κ3) is 40.9. The summed E-state index contributed by atoms with van der Waals surface area (Å²) < 4.78 is 5.68. The van der Waals surface area contributed by atoms with Crippen molar-refractivity contribution < 1.29 is 28.7 Å². The molecular formula is C51H96N2O6. The quantitative estimate of drug-likeness (QED) is 0.0358. The predicted molar refractivity (Wildman–Crippen MR) is 248 cm³/mol. The summed E-state index contributed by atoms with van der Waals surface area (Å²) in [6.07, 6.45) is 44.1. The van der Waals surface area contributed by atoms with Gasteiger partial charge in [0.25, 0.3) is 11.8 Å². The largest absolute Gasteiger partial charge is 0.459 e. The first-order valence-corrected chi connectivity index (χ1v) is 25.7. The molecule has 0 bridgehead atoms. The molecule has 0 aromatic heterocycles. The average molecular weight is 833 g/mol. The summed E-state index contributed by atoms with van der Waals surface area (Å²) in [7, 11) is 0. The molecule has 0 spiro atoms. The van der Waals surface area contributed by atoms with Gasteiger partial charge in [0.1, 0.15) is 6.10 Å². The van der Waals surface area contributed by atoms with Crippen LogP contribution in [-0.4, -0.2) is 48.5 Å². The van der Waals surface area contributed by atoms with E-state index in [-0.39, 0.29) is 32.4 Å². The van der Waals surface area contributed by atoms with Gasteiger partial charge in [-0.25, -0.2) is 0 Å². The van der Waals surface area contributed by atoms with Crippen molar-refractivity contribution in [2.75, 3.05) is 13.1 Å². The van der Waals surface area contributed by atoms with Crippen LogP contribution < -0.4 is 10.6 Å². The molecule has 0 aromatic carbocycles. The molecule has 0 aliphatic heterocycles. The highest BCUT2D eigenvalue weighted by Gasteiger charge is 2.21. The van der Waals surface area contributed by atoms with Gasteiger partial charge in [-0.3, -0.25) is 24.0 Å². The lowest BCUT2D eigenvalue weighted by Crippen LogP contribution is -2.45. The van der Waals surface area contributed by atoms with E-state index >= 15 is 0 Å². The predicted octanol–water partition coefficient (Wildman–Crippen LogP) is 13.9. The van der Waals surface area contributed by atoms with Crippen molar-refractivity contribution in [2.45, 2.75) is 284 Å². The van der Waals surface area contributed by atoms with Crippen molar-refractivity contribution in [3.63, 3.8) is 0 Å². The molecule has 59 heavy (non-hydrogen) atoms. The number of esters is 1. The summed E-state index contributed by atoms with van der Waals surface area (Å²) in [6.45, 7) is 6.54. The van der Waals surface area contributed by atoms with Crippen LogP contribution >= 0.6 is 0 Å². The van der Waals surface area contributed by atoms with Crippen molar-refractivity contribution >= 4 is 29.4 Å². The number of unbranched alkanes of at least 4 members (excludes halogenated alkanes) is 34. The van der Waals surface area contributed by atoms with Crippen molar-refractivity contribution in [3.8, 4) is 0 Å². The first kappa shape index (κ1) is 56.8. The molecule has 2 amide bonds. The normalized spacial score (nSPS) is 11.3. The van der Waals surface area contributed by atoms with E-state index in [1.807, 2.05) is 0 Å². The molecule has 8 nitrogen and oxygen atoms in total. The van der Waals surface area contributed by atoms with Crippen LogP contribution in [0.25, 0.3) is 0 Å². The summed E-state index contributed by atoms with van der Waals surface area (Å²) in [6, 6.07) is 0. The highest BCUT2D eigenvalue weighted by atomic mass is 16.5. The third-order valence-corrected chi connectivity index (χ3v) is 11.8. The smallest absolute Gasteiger partial charge is 0.306 e. The van der Waals surface area contributed by atoms with E-state index < -0.39 is 35.5 Å². The molecule has 8 heteroatoms. The monoisotopic (exact) mass is 833 g/mol. The molecule has 0 aromatic rings. The van der Waals surface area contributed by atoms with Crippen LogP contribution in [0, 0.1) is 0 Å². The Bertz CT molecular complexity index is 945. The standard InChI is InChI=1S/C51H96N2O6/c1-4-7-10-13-16-19-22-25-28-31-34-37-40-43-49(56)59-46(44-52-50(57)47(54)41-38-35-32-29-26-23-20-17-14-11-8-5-2)45-53-51(58)48(55)42-39-36-33-30-27-24-21-18-15-12-9-6-3/h46H,4-45H2,1-3H3,(H,52,57)(H,53,58). The maximum atomic E-state index is 12.8.